The summed E-state index contributed by atoms with van der Waals surface area (Å²) < 4.78 is 18.0. The highest BCUT2D eigenvalue weighted by Crippen LogP contribution is 2.46. The summed E-state index contributed by atoms with van der Waals surface area (Å²) in [4.78, 5) is 9.83. The van der Waals surface area contributed by atoms with Crippen LogP contribution in [0.4, 0.5) is 11.6 Å². The molecular weight excluding hydrogens is 490 g/mol. The smallest absolute Gasteiger partial charge is 0.320 e. The van der Waals surface area contributed by atoms with Crippen molar-refractivity contribution in [2.24, 2.45) is 4.99 Å². The average molecular weight is 516 g/mol. The van der Waals surface area contributed by atoms with Gasteiger partial charge in [0.05, 0.1) is 30.5 Å². The summed E-state index contributed by atoms with van der Waals surface area (Å²) in [6.45, 7) is 3.89. The van der Waals surface area contributed by atoms with Crippen LogP contribution in [-0.4, -0.2) is 30.4 Å². The molecule has 0 unspecified atom stereocenters. The summed E-state index contributed by atoms with van der Waals surface area (Å²) in [6.07, 6.45) is 1.57. The van der Waals surface area contributed by atoms with Crippen LogP contribution in [0.3, 0.4) is 0 Å². The molecular formula is C27H25N5O4S. The fraction of sp³-hybridized carbons (Fsp3) is 0.185. The van der Waals surface area contributed by atoms with E-state index in [9.17, 15) is 5.11 Å². The van der Waals surface area contributed by atoms with Crippen LogP contribution in [-0.2, 0) is 0 Å². The van der Waals surface area contributed by atoms with Crippen LogP contribution >= 0.6 is 11.3 Å². The van der Waals surface area contributed by atoms with Gasteiger partial charge in [0.1, 0.15) is 4.83 Å². The van der Waals surface area contributed by atoms with Crippen molar-refractivity contribution in [2.45, 2.75) is 19.9 Å². The first-order valence-electron chi connectivity index (χ1n) is 11.5. The maximum atomic E-state index is 13.2. The van der Waals surface area contributed by atoms with Gasteiger partial charge in [-0.05, 0) is 30.7 Å². The number of ether oxygens (including phenoxy) is 2. The number of thiophene rings is 1. The minimum Gasteiger partial charge on any atom is -0.857 e. The van der Waals surface area contributed by atoms with Crippen molar-refractivity contribution in [1.82, 2.24) is 10.3 Å². The Kier molecular flexibility index (Phi) is 6.49. The van der Waals surface area contributed by atoms with Crippen molar-refractivity contribution in [1.29, 1.82) is 0 Å². The molecule has 0 aliphatic carbocycles. The molecule has 0 bridgehead atoms. The molecule has 0 spiro atoms. The fourth-order valence-corrected chi connectivity index (χ4v) is 5.05. The van der Waals surface area contributed by atoms with Crippen LogP contribution in [0.1, 0.15) is 24.8 Å². The Hall–Kier alpha value is -4.44. The van der Waals surface area contributed by atoms with Crippen LogP contribution in [0.5, 0.6) is 11.5 Å². The number of hydrogen-bond acceptors (Lipinski definition) is 9. The zero-order valence-corrected chi connectivity index (χ0v) is 21.6. The third-order valence-electron chi connectivity index (χ3n) is 5.87. The second-order valence-electron chi connectivity index (χ2n) is 8.52. The summed E-state index contributed by atoms with van der Waals surface area (Å²) >= 11 is 1.19. The van der Waals surface area contributed by atoms with Gasteiger partial charge in [-0.15, -0.1) is 11.3 Å². The summed E-state index contributed by atoms with van der Waals surface area (Å²) in [5, 5.41) is 17.7. The standard InChI is InChI=1S/C27H25N5O4S/c1-15(2)32-14-21(36-31-32)30-26(33)25-23(28)22-18(17-11-8-12-20(34-3)24(17)35-4)13-19(29-27(22)37-25)16-9-6-5-7-10-16/h5-15H,1-4H3,(H2-,28,30,31,33). The van der Waals surface area contributed by atoms with Crippen LogP contribution in [0, 0.1) is 0 Å². The minimum absolute atomic E-state index is 0.0678. The predicted molar refractivity (Wildman–Crippen MR) is 141 cm³/mol. The number of hydrogen-bond donors (Lipinski definition) is 1. The maximum absolute atomic E-state index is 13.2. The van der Waals surface area contributed by atoms with Crippen LogP contribution in [0.15, 0.2) is 70.3 Å². The van der Waals surface area contributed by atoms with E-state index in [0.29, 0.717) is 21.7 Å². The Bertz CT molecular complexity index is 1610. The lowest BCUT2D eigenvalue weighted by atomic mass is 9.98. The third-order valence-corrected chi connectivity index (χ3v) is 6.96. The monoisotopic (exact) mass is 515 g/mol. The second-order valence-corrected chi connectivity index (χ2v) is 9.52. The highest BCUT2D eigenvalue weighted by Gasteiger charge is 2.22. The first-order chi connectivity index (χ1) is 17.9. The molecule has 0 saturated heterocycles. The maximum Gasteiger partial charge on any atom is 0.320 e. The van der Waals surface area contributed by atoms with Gasteiger partial charge in [0.15, 0.2) is 17.5 Å². The van der Waals surface area contributed by atoms with Gasteiger partial charge < -0.3 is 20.3 Å². The molecule has 37 heavy (non-hydrogen) atoms. The molecule has 0 radical (unpaired) electrons. The Labute approximate surface area is 217 Å². The van der Waals surface area contributed by atoms with Crippen molar-refractivity contribution < 1.29 is 23.8 Å². The summed E-state index contributed by atoms with van der Waals surface area (Å²) in [5.41, 5.74) is 10.1. The molecule has 0 saturated carbocycles. The van der Waals surface area contributed by atoms with Gasteiger partial charge in [-0.1, -0.05) is 42.5 Å². The van der Waals surface area contributed by atoms with Gasteiger partial charge >= 0.3 is 5.88 Å². The number of anilines is 1. The molecule has 10 heteroatoms. The highest BCUT2D eigenvalue weighted by atomic mass is 32.1. The largest absolute Gasteiger partial charge is 0.857 e. The van der Waals surface area contributed by atoms with Crippen molar-refractivity contribution in [2.75, 3.05) is 20.0 Å². The zero-order valence-electron chi connectivity index (χ0n) is 20.8. The summed E-state index contributed by atoms with van der Waals surface area (Å²) in [6, 6.07) is 17.4. The van der Waals surface area contributed by atoms with Crippen LogP contribution in [0.25, 0.3) is 32.6 Å². The topological polar surface area (TPSA) is 123 Å². The SMILES string of the molecule is COc1cccc(-c2cc(-c3ccccc3)nc3sc(/C([O-])=N/c4c[n+](C(C)C)no4)c(N)c23)c1OC. The molecule has 2 N–H and O–H groups in total. The van der Waals surface area contributed by atoms with Crippen LogP contribution < -0.4 is 25.0 Å². The number of pyridine rings is 1. The van der Waals surface area contributed by atoms with E-state index in [-0.39, 0.29) is 22.5 Å². The van der Waals surface area contributed by atoms with Gasteiger partial charge in [0.2, 0.25) is 5.27 Å². The molecule has 5 rings (SSSR count). The van der Waals surface area contributed by atoms with Gasteiger partial charge in [-0.2, -0.15) is 0 Å². The molecule has 2 aromatic carbocycles. The molecule has 0 aliphatic rings. The number of nitrogens with two attached hydrogens (primary N) is 1. The Morgan fingerprint density at radius 2 is 1.86 bits per heavy atom. The van der Waals surface area contributed by atoms with Crippen molar-refractivity contribution in [3.05, 3.63) is 65.7 Å². The Morgan fingerprint density at radius 3 is 2.54 bits per heavy atom. The number of aliphatic imine (C=N–C) groups is 1. The van der Waals surface area contributed by atoms with Gasteiger partial charge in [-0.25, -0.2) is 9.98 Å². The van der Waals surface area contributed by atoms with Gasteiger partial charge in [0, 0.05) is 28.0 Å². The number of nitrogen functional groups attached to an aromatic ring is 1. The first-order valence-corrected chi connectivity index (χ1v) is 12.4. The van der Waals surface area contributed by atoms with Crippen molar-refractivity contribution in [3.8, 4) is 33.9 Å². The fourth-order valence-electron chi connectivity index (χ4n) is 4.04. The molecule has 0 atom stereocenters. The second kappa shape index (κ2) is 9.90. The molecule has 3 aromatic heterocycles. The molecule has 9 nitrogen and oxygen atoms in total. The number of nitrogens with zero attached hydrogens (tertiary/aromatic N) is 4. The first kappa shape index (κ1) is 24.3. The summed E-state index contributed by atoms with van der Waals surface area (Å²) in [5.74, 6) is 0.704. The van der Waals surface area contributed by atoms with E-state index in [1.807, 2.05) is 68.4 Å². The van der Waals surface area contributed by atoms with Crippen LogP contribution in [0.2, 0.25) is 0 Å². The molecule has 0 fully saturated rings. The molecule has 0 aliphatic heterocycles. The molecule has 188 valence electrons. The lowest BCUT2D eigenvalue weighted by Crippen LogP contribution is -2.36. The van der Waals surface area contributed by atoms with Crippen molar-refractivity contribution >= 4 is 39.0 Å². The zero-order chi connectivity index (χ0) is 26.1. The molecule has 3 heterocycles. The van der Waals surface area contributed by atoms with E-state index < -0.39 is 5.90 Å². The minimum atomic E-state index is -0.530. The average Bonchev–Trinajstić information content (AvgIpc) is 3.52. The van der Waals surface area contributed by atoms with E-state index in [1.165, 1.54) is 11.3 Å². The quantitative estimate of drug-likeness (QED) is 0.192. The number of fused-ring (bicyclic) bond motifs is 1. The van der Waals surface area contributed by atoms with E-state index in [4.69, 9.17) is 24.7 Å². The summed E-state index contributed by atoms with van der Waals surface area (Å²) in [7, 11) is 3.17. The number of methoxy groups -OCH3 is 2. The van der Waals surface area contributed by atoms with E-state index in [2.05, 4.69) is 10.3 Å². The van der Waals surface area contributed by atoms with E-state index >= 15 is 0 Å². The number of benzene rings is 2. The number of para-hydroxylation sites is 1. The highest BCUT2D eigenvalue weighted by molar-refractivity contribution is 7.21. The van der Waals surface area contributed by atoms with E-state index in [0.717, 1.165) is 22.4 Å². The normalized spacial score (nSPS) is 11.9. The van der Waals surface area contributed by atoms with Crippen molar-refractivity contribution in [3.63, 3.8) is 0 Å². The lowest BCUT2D eigenvalue weighted by Gasteiger charge is -2.15. The predicted octanol–water partition coefficient (Wildman–Crippen LogP) is 4.52. The Morgan fingerprint density at radius 1 is 1.08 bits per heavy atom. The Balaban J connectivity index is 1.75. The molecule has 0 amide bonds. The third kappa shape index (κ3) is 4.47. The number of rotatable bonds is 7. The molecule has 5 aromatic rings. The van der Waals surface area contributed by atoms with E-state index in [1.54, 1.807) is 25.1 Å². The van der Waals surface area contributed by atoms with Gasteiger partial charge in [0.25, 0.3) is 6.20 Å². The number of aromatic nitrogens is 3. The lowest BCUT2D eigenvalue weighted by molar-refractivity contribution is -0.779. The van der Waals surface area contributed by atoms with Gasteiger partial charge in [-0.3, -0.25) is 4.52 Å².